The van der Waals surface area contributed by atoms with Crippen LogP contribution in [0.25, 0.3) is 11.1 Å². The van der Waals surface area contributed by atoms with Crippen LogP contribution in [-0.2, 0) is 20.9 Å². The molecule has 0 aliphatic heterocycles. The lowest BCUT2D eigenvalue weighted by Crippen LogP contribution is -2.48. The monoisotopic (exact) mass is 676 g/mol. The summed E-state index contributed by atoms with van der Waals surface area (Å²) in [5, 5.41) is 15.0. The summed E-state index contributed by atoms with van der Waals surface area (Å²) in [5.41, 5.74) is 5.91. The molecule has 8 nitrogen and oxygen atoms in total. The standard InChI is InChI=1S/C33H29IN2O6/c1-20(41-18-21-9-3-2-4-10-21)30(32(38)39)36-31(37)22-15-23(34)17-24(16-22)35-33(40)42-19-29-27-13-7-5-11-25(27)26-12-6-8-14-28(26)29/h2-17,20,29-30H,18-19H2,1H3,(H,35,40)(H,36,37)(H,38,39)/t20-,30+/m0/s1. The van der Waals surface area contributed by atoms with Crippen molar-refractivity contribution >= 4 is 46.2 Å². The molecule has 9 heteroatoms. The fraction of sp³-hybridized carbons (Fsp3) is 0.182. The number of halogens is 1. The van der Waals surface area contributed by atoms with Gasteiger partial charge >= 0.3 is 12.1 Å². The minimum absolute atomic E-state index is 0.0838. The van der Waals surface area contributed by atoms with Gasteiger partial charge in [0.15, 0.2) is 6.04 Å². The zero-order valence-corrected chi connectivity index (χ0v) is 24.9. The molecule has 2 atom stereocenters. The first-order valence-electron chi connectivity index (χ1n) is 13.4. The molecular formula is C33H29IN2O6. The summed E-state index contributed by atoms with van der Waals surface area (Å²) in [6.07, 6.45) is -1.45. The Bertz CT molecular complexity index is 1560. The molecule has 3 N–H and O–H groups in total. The van der Waals surface area contributed by atoms with Crippen molar-refractivity contribution in [2.45, 2.75) is 31.6 Å². The SMILES string of the molecule is C[C@H](OCc1ccccc1)[C@@H](NC(=O)c1cc(I)cc(NC(=O)OCC2c3ccccc3-c3ccccc32)c1)C(=O)O. The molecule has 0 spiro atoms. The quantitative estimate of drug-likeness (QED) is 0.167. The van der Waals surface area contributed by atoms with E-state index in [4.69, 9.17) is 9.47 Å². The maximum atomic E-state index is 13.1. The number of carbonyl (C=O) groups is 3. The van der Waals surface area contributed by atoms with Crippen LogP contribution < -0.4 is 10.6 Å². The highest BCUT2D eigenvalue weighted by atomic mass is 127. The second-order valence-corrected chi connectivity index (χ2v) is 11.2. The van der Waals surface area contributed by atoms with E-state index in [0.717, 1.165) is 27.8 Å². The Kier molecular flexibility index (Phi) is 9.19. The number of rotatable bonds is 10. The molecule has 5 rings (SSSR count). The molecule has 4 aromatic rings. The Hall–Kier alpha value is -4.22. The Morgan fingerprint density at radius 1 is 0.881 bits per heavy atom. The second-order valence-electron chi connectivity index (χ2n) is 9.97. The topological polar surface area (TPSA) is 114 Å². The van der Waals surface area contributed by atoms with Crippen LogP contribution in [0.2, 0.25) is 0 Å². The summed E-state index contributed by atoms with van der Waals surface area (Å²) >= 11 is 2.03. The first-order valence-corrected chi connectivity index (χ1v) is 14.5. The maximum absolute atomic E-state index is 13.1. The van der Waals surface area contributed by atoms with Crippen molar-refractivity contribution in [3.63, 3.8) is 0 Å². The van der Waals surface area contributed by atoms with E-state index in [2.05, 4.69) is 22.8 Å². The van der Waals surface area contributed by atoms with Crippen LogP contribution in [0.4, 0.5) is 10.5 Å². The molecule has 4 aromatic carbocycles. The van der Waals surface area contributed by atoms with E-state index in [0.29, 0.717) is 9.26 Å². The van der Waals surface area contributed by atoms with Crippen LogP contribution in [0.1, 0.15) is 39.9 Å². The van der Waals surface area contributed by atoms with Gasteiger partial charge < -0.3 is 19.9 Å². The number of carboxylic acids is 1. The average Bonchev–Trinajstić information content (AvgIpc) is 3.31. The summed E-state index contributed by atoms with van der Waals surface area (Å²) in [6.45, 7) is 1.96. The van der Waals surface area contributed by atoms with Gasteiger partial charge in [-0.25, -0.2) is 9.59 Å². The lowest BCUT2D eigenvalue weighted by atomic mass is 9.98. The largest absolute Gasteiger partial charge is 0.480 e. The van der Waals surface area contributed by atoms with E-state index in [9.17, 15) is 19.5 Å². The number of benzene rings is 4. The lowest BCUT2D eigenvalue weighted by molar-refractivity contribution is -0.143. The molecule has 0 saturated carbocycles. The summed E-state index contributed by atoms with van der Waals surface area (Å²) in [5.74, 6) is -1.90. The molecule has 0 unspecified atom stereocenters. The third-order valence-corrected chi connectivity index (χ3v) is 7.75. The number of nitrogens with one attached hydrogen (secondary N) is 2. The Morgan fingerprint density at radius 2 is 1.50 bits per heavy atom. The Balaban J connectivity index is 1.21. The third-order valence-electron chi connectivity index (χ3n) is 7.13. The molecule has 0 radical (unpaired) electrons. The van der Waals surface area contributed by atoms with Crippen LogP contribution in [0.5, 0.6) is 0 Å². The van der Waals surface area contributed by atoms with E-state index in [1.807, 2.05) is 89.3 Å². The van der Waals surface area contributed by atoms with E-state index in [-0.39, 0.29) is 24.7 Å². The smallest absolute Gasteiger partial charge is 0.411 e. The van der Waals surface area contributed by atoms with Crippen molar-refractivity contribution in [3.05, 3.63) is 123 Å². The summed E-state index contributed by atoms with van der Waals surface area (Å²) in [7, 11) is 0. The van der Waals surface area contributed by atoms with Gasteiger partial charge in [0.25, 0.3) is 5.91 Å². The molecule has 2 amide bonds. The minimum atomic E-state index is -1.28. The van der Waals surface area contributed by atoms with Gasteiger partial charge in [-0.15, -0.1) is 0 Å². The molecular weight excluding hydrogens is 647 g/mol. The van der Waals surface area contributed by atoms with E-state index < -0.39 is 30.1 Å². The van der Waals surface area contributed by atoms with Crippen LogP contribution in [-0.4, -0.2) is 41.8 Å². The highest BCUT2D eigenvalue weighted by Crippen LogP contribution is 2.44. The highest BCUT2D eigenvalue weighted by Gasteiger charge is 2.30. The normalized spacial score (nSPS) is 13.4. The van der Waals surface area contributed by atoms with Gasteiger partial charge in [-0.3, -0.25) is 10.1 Å². The number of aliphatic carboxylic acids is 1. The molecule has 0 bridgehead atoms. The molecule has 0 fully saturated rings. The van der Waals surface area contributed by atoms with Gasteiger partial charge in [-0.05, 0) is 75.5 Å². The number of anilines is 1. The fourth-order valence-corrected chi connectivity index (χ4v) is 5.72. The summed E-state index contributed by atoms with van der Waals surface area (Å²) < 4.78 is 12.0. The van der Waals surface area contributed by atoms with Gasteiger partial charge in [0.2, 0.25) is 0 Å². The van der Waals surface area contributed by atoms with Crippen LogP contribution in [0.15, 0.2) is 97.1 Å². The van der Waals surface area contributed by atoms with Crippen LogP contribution >= 0.6 is 22.6 Å². The molecule has 1 aliphatic rings. The molecule has 214 valence electrons. The summed E-state index contributed by atoms with van der Waals surface area (Å²) in [6, 6.07) is 29.0. The van der Waals surface area contributed by atoms with Gasteiger partial charge in [0.1, 0.15) is 6.61 Å². The number of carboxylic acid groups (broad SMARTS) is 1. The van der Waals surface area contributed by atoms with Crippen molar-refractivity contribution in [1.29, 1.82) is 0 Å². The molecule has 0 saturated heterocycles. The number of carbonyl (C=O) groups excluding carboxylic acids is 2. The molecule has 0 aromatic heterocycles. The van der Waals surface area contributed by atoms with E-state index >= 15 is 0 Å². The molecule has 42 heavy (non-hydrogen) atoms. The predicted molar refractivity (Wildman–Crippen MR) is 167 cm³/mol. The fourth-order valence-electron chi connectivity index (χ4n) is 5.05. The van der Waals surface area contributed by atoms with E-state index in [1.165, 1.54) is 6.07 Å². The van der Waals surface area contributed by atoms with Crippen molar-refractivity contribution < 1.29 is 29.0 Å². The van der Waals surface area contributed by atoms with Gasteiger partial charge in [0, 0.05) is 20.7 Å². The lowest BCUT2D eigenvalue weighted by Gasteiger charge is -2.22. The number of hydrogen-bond acceptors (Lipinski definition) is 5. The van der Waals surface area contributed by atoms with Gasteiger partial charge in [-0.2, -0.15) is 0 Å². The van der Waals surface area contributed by atoms with Crippen molar-refractivity contribution in [3.8, 4) is 11.1 Å². The molecule has 0 heterocycles. The van der Waals surface area contributed by atoms with Crippen LogP contribution in [0.3, 0.4) is 0 Å². The van der Waals surface area contributed by atoms with Crippen molar-refractivity contribution in [2.24, 2.45) is 0 Å². The summed E-state index contributed by atoms with van der Waals surface area (Å²) in [4.78, 5) is 37.8. The zero-order chi connectivity index (χ0) is 29.6. The molecule has 1 aliphatic carbocycles. The Morgan fingerprint density at radius 3 is 2.14 bits per heavy atom. The van der Waals surface area contributed by atoms with E-state index in [1.54, 1.807) is 19.1 Å². The van der Waals surface area contributed by atoms with Gasteiger partial charge in [0.05, 0.1) is 12.7 Å². The third kappa shape index (κ3) is 6.80. The second kappa shape index (κ2) is 13.2. The van der Waals surface area contributed by atoms with Crippen molar-refractivity contribution in [1.82, 2.24) is 5.32 Å². The first kappa shape index (κ1) is 29.3. The Labute approximate surface area is 257 Å². The minimum Gasteiger partial charge on any atom is -0.480 e. The average molecular weight is 677 g/mol. The number of amides is 2. The first-order chi connectivity index (χ1) is 20.3. The predicted octanol–water partition coefficient (Wildman–Crippen LogP) is 6.44. The van der Waals surface area contributed by atoms with Crippen molar-refractivity contribution in [2.75, 3.05) is 11.9 Å². The number of hydrogen-bond donors (Lipinski definition) is 3. The zero-order valence-electron chi connectivity index (χ0n) is 22.8. The van der Waals surface area contributed by atoms with Crippen LogP contribution in [0, 0.1) is 3.57 Å². The maximum Gasteiger partial charge on any atom is 0.411 e. The van der Waals surface area contributed by atoms with Gasteiger partial charge in [-0.1, -0.05) is 78.9 Å². The highest BCUT2D eigenvalue weighted by molar-refractivity contribution is 14.1. The number of ether oxygens (including phenoxy) is 2. The number of fused-ring (bicyclic) bond motifs is 3.